The van der Waals surface area contributed by atoms with E-state index in [9.17, 15) is 13.6 Å². The molecule has 0 spiro atoms. The van der Waals surface area contributed by atoms with Gasteiger partial charge in [0.2, 0.25) is 0 Å². The monoisotopic (exact) mass is 218 g/mol. The lowest BCUT2D eigenvalue weighted by Gasteiger charge is -2.08. The van der Waals surface area contributed by atoms with Gasteiger partial charge in [-0.1, -0.05) is 0 Å². The van der Waals surface area contributed by atoms with E-state index < -0.39 is 23.8 Å². The number of ether oxygens (including phenoxy) is 1. The largest absolute Gasteiger partial charge is 0.494 e. The second kappa shape index (κ2) is 4.07. The predicted octanol–water partition coefficient (Wildman–Crippen LogP) is 1.31. The Bertz CT molecular complexity index is 396. The molecule has 1 aromatic heterocycles. The topological polar surface area (TPSA) is 85.4 Å². The first-order valence-corrected chi connectivity index (χ1v) is 3.83. The van der Waals surface area contributed by atoms with E-state index in [4.69, 9.17) is 10.8 Å². The van der Waals surface area contributed by atoms with Crippen LogP contribution in [0.5, 0.6) is 5.75 Å². The number of aromatic carboxylic acids is 1. The Morgan fingerprint density at radius 1 is 1.67 bits per heavy atom. The van der Waals surface area contributed by atoms with Gasteiger partial charge < -0.3 is 15.6 Å². The highest BCUT2D eigenvalue weighted by Gasteiger charge is 2.21. The van der Waals surface area contributed by atoms with Gasteiger partial charge >= 0.3 is 5.97 Å². The third-order valence-electron chi connectivity index (χ3n) is 1.68. The van der Waals surface area contributed by atoms with Crippen molar-refractivity contribution in [1.29, 1.82) is 0 Å². The van der Waals surface area contributed by atoms with Gasteiger partial charge in [-0.15, -0.1) is 0 Å². The number of alkyl halides is 2. The van der Waals surface area contributed by atoms with E-state index in [-0.39, 0.29) is 11.4 Å². The first kappa shape index (κ1) is 11.2. The molecule has 82 valence electrons. The number of anilines is 1. The van der Waals surface area contributed by atoms with Crippen LogP contribution in [-0.4, -0.2) is 23.2 Å². The standard InChI is InChI=1S/C8H8F2N2O3/c1-15-4-2-3(11)5(7(9)10)12-6(4)8(13)14/h2,7H,11H2,1H3,(H,13,14). The highest BCUT2D eigenvalue weighted by atomic mass is 19.3. The lowest BCUT2D eigenvalue weighted by Crippen LogP contribution is -2.09. The summed E-state index contributed by atoms with van der Waals surface area (Å²) in [6.45, 7) is 0. The van der Waals surface area contributed by atoms with Crippen LogP contribution in [0.2, 0.25) is 0 Å². The minimum atomic E-state index is -2.92. The molecule has 0 aliphatic heterocycles. The maximum absolute atomic E-state index is 12.3. The van der Waals surface area contributed by atoms with Gasteiger partial charge in [-0.05, 0) is 0 Å². The number of nitrogen functional groups attached to an aromatic ring is 1. The molecule has 0 fully saturated rings. The zero-order chi connectivity index (χ0) is 11.6. The van der Waals surface area contributed by atoms with Crippen molar-refractivity contribution < 1.29 is 23.4 Å². The summed E-state index contributed by atoms with van der Waals surface area (Å²) in [6.07, 6.45) is -2.92. The maximum Gasteiger partial charge on any atom is 0.358 e. The SMILES string of the molecule is COc1cc(N)c(C(F)F)nc1C(=O)O. The number of halogens is 2. The molecule has 0 unspecified atom stereocenters. The van der Waals surface area contributed by atoms with Crippen LogP contribution < -0.4 is 10.5 Å². The molecule has 0 radical (unpaired) electrons. The minimum Gasteiger partial charge on any atom is -0.494 e. The summed E-state index contributed by atoms with van der Waals surface area (Å²) in [5.41, 5.74) is 3.61. The zero-order valence-electron chi connectivity index (χ0n) is 7.70. The molecule has 7 heteroatoms. The zero-order valence-corrected chi connectivity index (χ0v) is 7.70. The number of carboxylic acid groups (broad SMARTS) is 1. The summed E-state index contributed by atoms with van der Waals surface area (Å²) >= 11 is 0. The van der Waals surface area contributed by atoms with Crippen molar-refractivity contribution in [1.82, 2.24) is 4.98 Å². The molecule has 0 saturated carbocycles. The quantitative estimate of drug-likeness (QED) is 0.798. The second-order valence-corrected chi connectivity index (χ2v) is 2.62. The van der Waals surface area contributed by atoms with Gasteiger partial charge in [0, 0.05) is 6.07 Å². The molecule has 3 N–H and O–H groups in total. The first-order valence-electron chi connectivity index (χ1n) is 3.83. The summed E-state index contributed by atoms with van der Waals surface area (Å²) in [5.74, 6) is -1.60. The Morgan fingerprint density at radius 2 is 2.27 bits per heavy atom. The Kier molecular flexibility index (Phi) is 3.03. The van der Waals surface area contributed by atoms with Crippen molar-refractivity contribution in [3.8, 4) is 5.75 Å². The van der Waals surface area contributed by atoms with E-state index in [0.29, 0.717) is 0 Å². The van der Waals surface area contributed by atoms with Crippen LogP contribution in [-0.2, 0) is 0 Å². The van der Waals surface area contributed by atoms with E-state index in [2.05, 4.69) is 9.72 Å². The average Bonchev–Trinajstić information content (AvgIpc) is 2.16. The number of methoxy groups -OCH3 is 1. The third kappa shape index (κ3) is 2.12. The van der Waals surface area contributed by atoms with Crippen molar-refractivity contribution in [2.24, 2.45) is 0 Å². The second-order valence-electron chi connectivity index (χ2n) is 2.62. The average molecular weight is 218 g/mol. The van der Waals surface area contributed by atoms with Crippen molar-refractivity contribution >= 4 is 11.7 Å². The molecule has 1 heterocycles. The molecule has 0 aliphatic carbocycles. The van der Waals surface area contributed by atoms with Gasteiger partial charge in [-0.25, -0.2) is 18.6 Å². The Morgan fingerprint density at radius 3 is 2.67 bits per heavy atom. The predicted molar refractivity (Wildman–Crippen MR) is 47.1 cm³/mol. The summed E-state index contributed by atoms with van der Waals surface area (Å²) in [7, 11) is 1.20. The number of nitrogens with two attached hydrogens (primary N) is 1. The van der Waals surface area contributed by atoms with E-state index in [1.54, 1.807) is 0 Å². The minimum absolute atomic E-state index is 0.149. The molecule has 5 nitrogen and oxygen atoms in total. The lowest BCUT2D eigenvalue weighted by molar-refractivity contribution is 0.0685. The number of pyridine rings is 1. The fraction of sp³-hybridized carbons (Fsp3) is 0.250. The van der Waals surface area contributed by atoms with Crippen LogP contribution in [0.25, 0.3) is 0 Å². The normalized spacial score (nSPS) is 10.4. The molecule has 0 aromatic carbocycles. The fourth-order valence-electron chi connectivity index (χ4n) is 1.01. The molecule has 0 saturated heterocycles. The number of carboxylic acids is 1. The third-order valence-corrected chi connectivity index (χ3v) is 1.68. The summed E-state index contributed by atoms with van der Waals surface area (Å²) in [4.78, 5) is 13.9. The maximum atomic E-state index is 12.3. The number of nitrogens with zero attached hydrogens (tertiary/aromatic N) is 1. The van der Waals surface area contributed by atoms with Gasteiger partial charge in [0.05, 0.1) is 12.8 Å². The molecule has 0 amide bonds. The van der Waals surface area contributed by atoms with Crippen molar-refractivity contribution in [3.05, 3.63) is 17.5 Å². The van der Waals surface area contributed by atoms with Crippen LogP contribution >= 0.6 is 0 Å². The van der Waals surface area contributed by atoms with E-state index in [0.717, 1.165) is 6.07 Å². The van der Waals surface area contributed by atoms with Crippen LogP contribution in [0.15, 0.2) is 6.07 Å². The molecule has 1 aromatic rings. The number of hydrogen-bond acceptors (Lipinski definition) is 4. The first-order chi connectivity index (χ1) is 6.97. The molecular formula is C8H8F2N2O3. The molecule has 0 aliphatic rings. The Hall–Kier alpha value is -1.92. The van der Waals surface area contributed by atoms with Crippen LogP contribution in [0.4, 0.5) is 14.5 Å². The van der Waals surface area contributed by atoms with Crippen molar-refractivity contribution in [2.45, 2.75) is 6.43 Å². The number of aromatic nitrogens is 1. The molecule has 1 rings (SSSR count). The summed E-state index contributed by atoms with van der Waals surface area (Å²) in [6, 6.07) is 1.01. The van der Waals surface area contributed by atoms with Crippen LogP contribution in [0.3, 0.4) is 0 Å². The molecule has 0 atom stereocenters. The van der Waals surface area contributed by atoms with Gasteiger partial charge in [-0.2, -0.15) is 0 Å². The van der Waals surface area contributed by atoms with Crippen LogP contribution in [0, 0.1) is 0 Å². The number of carbonyl (C=O) groups is 1. The van der Waals surface area contributed by atoms with Crippen molar-refractivity contribution in [3.63, 3.8) is 0 Å². The molecule has 0 bridgehead atoms. The lowest BCUT2D eigenvalue weighted by atomic mass is 10.2. The van der Waals surface area contributed by atoms with E-state index in [1.807, 2.05) is 0 Å². The Balaban J connectivity index is 3.37. The summed E-state index contributed by atoms with van der Waals surface area (Å²) in [5, 5.41) is 8.67. The van der Waals surface area contributed by atoms with Gasteiger partial charge in [-0.3, -0.25) is 0 Å². The molecular weight excluding hydrogens is 210 g/mol. The molecule has 15 heavy (non-hydrogen) atoms. The van der Waals surface area contributed by atoms with E-state index in [1.165, 1.54) is 7.11 Å². The van der Waals surface area contributed by atoms with E-state index >= 15 is 0 Å². The number of hydrogen-bond donors (Lipinski definition) is 2. The highest BCUT2D eigenvalue weighted by Crippen LogP contribution is 2.28. The highest BCUT2D eigenvalue weighted by molar-refractivity contribution is 5.89. The van der Waals surface area contributed by atoms with Gasteiger partial charge in [0.15, 0.2) is 11.4 Å². The van der Waals surface area contributed by atoms with Gasteiger partial charge in [0.25, 0.3) is 6.43 Å². The van der Waals surface area contributed by atoms with Gasteiger partial charge in [0.1, 0.15) is 5.69 Å². The fourth-order valence-corrected chi connectivity index (χ4v) is 1.01. The smallest absolute Gasteiger partial charge is 0.358 e. The summed E-state index contributed by atoms with van der Waals surface area (Å²) < 4.78 is 29.3. The van der Waals surface area contributed by atoms with Crippen LogP contribution in [0.1, 0.15) is 22.6 Å². The number of rotatable bonds is 3. The van der Waals surface area contributed by atoms with Crippen molar-refractivity contribution in [2.75, 3.05) is 12.8 Å². The Labute approximate surface area is 83.5 Å².